The van der Waals surface area contributed by atoms with Crippen LogP contribution in [0.15, 0.2) is 12.3 Å². The molecule has 84 valence electrons. The molecule has 1 aliphatic heterocycles. The van der Waals surface area contributed by atoms with E-state index in [9.17, 15) is 5.11 Å². The third-order valence-corrected chi connectivity index (χ3v) is 2.86. The fourth-order valence-corrected chi connectivity index (χ4v) is 1.97. The Balaban J connectivity index is 1.79. The lowest BCUT2D eigenvalue weighted by Crippen LogP contribution is -2.08. The van der Waals surface area contributed by atoms with Gasteiger partial charge < -0.3 is 9.84 Å². The fraction of sp³-hybridized carbons (Fsp3) is 0.727. The van der Waals surface area contributed by atoms with Crippen molar-refractivity contribution in [3.63, 3.8) is 0 Å². The van der Waals surface area contributed by atoms with Crippen molar-refractivity contribution in [1.29, 1.82) is 0 Å². The number of aliphatic hydroxyl groups excluding tert-OH is 1. The first-order valence-corrected chi connectivity index (χ1v) is 5.55. The first-order valence-electron chi connectivity index (χ1n) is 5.55. The SMILES string of the molecule is Cn1ccc(C(O)CCC2CCCO2)n1. The zero-order valence-electron chi connectivity index (χ0n) is 9.09. The van der Waals surface area contributed by atoms with Crippen molar-refractivity contribution < 1.29 is 9.84 Å². The van der Waals surface area contributed by atoms with Crippen LogP contribution in [0.4, 0.5) is 0 Å². The molecule has 2 rings (SSSR count). The number of nitrogens with zero attached hydrogens (tertiary/aromatic N) is 2. The van der Waals surface area contributed by atoms with Crippen LogP contribution in [0.25, 0.3) is 0 Å². The van der Waals surface area contributed by atoms with E-state index in [1.54, 1.807) is 4.68 Å². The van der Waals surface area contributed by atoms with Gasteiger partial charge in [-0.15, -0.1) is 0 Å². The Morgan fingerprint density at radius 2 is 2.60 bits per heavy atom. The van der Waals surface area contributed by atoms with Gasteiger partial charge in [-0.2, -0.15) is 5.10 Å². The number of hydrogen-bond donors (Lipinski definition) is 1. The smallest absolute Gasteiger partial charge is 0.0979 e. The quantitative estimate of drug-likeness (QED) is 0.817. The molecule has 1 saturated heterocycles. The second kappa shape index (κ2) is 4.77. The number of aromatic nitrogens is 2. The Hall–Kier alpha value is -0.870. The van der Waals surface area contributed by atoms with Crippen LogP contribution < -0.4 is 0 Å². The Labute approximate surface area is 89.9 Å². The van der Waals surface area contributed by atoms with E-state index in [2.05, 4.69) is 5.10 Å². The van der Waals surface area contributed by atoms with Gasteiger partial charge in [0.2, 0.25) is 0 Å². The molecule has 0 spiro atoms. The third-order valence-electron chi connectivity index (χ3n) is 2.86. The highest BCUT2D eigenvalue weighted by Crippen LogP contribution is 2.22. The average Bonchev–Trinajstić information content (AvgIpc) is 2.84. The zero-order chi connectivity index (χ0) is 10.7. The minimum Gasteiger partial charge on any atom is -0.387 e. The lowest BCUT2D eigenvalue weighted by atomic mass is 10.1. The summed E-state index contributed by atoms with van der Waals surface area (Å²) in [5, 5.41) is 14.0. The monoisotopic (exact) mass is 210 g/mol. The molecule has 4 heteroatoms. The van der Waals surface area contributed by atoms with Crippen LogP contribution >= 0.6 is 0 Å². The van der Waals surface area contributed by atoms with E-state index >= 15 is 0 Å². The van der Waals surface area contributed by atoms with E-state index < -0.39 is 6.10 Å². The minimum atomic E-state index is -0.449. The van der Waals surface area contributed by atoms with Crippen LogP contribution in [-0.2, 0) is 11.8 Å². The Morgan fingerprint density at radius 3 is 3.20 bits per heavy atom. The van der Waals surface area contributed by atoms with Gasteiger partial charge in [0.1, 0.15) is 0 Å². The van der Waals surface area contributed by atoms with Crippen molar-refractivity contribution in [2.75, 3.05) is 6.61 Å². The van der Waals surface area contributed by atoms with Gasteiger partial charge >= 0.3 is 0 Å². The standard InChI is InChI=1S/C11H18N2O2/c1-13-7-6-10(12-13)11(14)5-4-9-3-2-8-15-9/h6-7,9,11,14H,2-5,8H2,1H3. The van der Waals surface area contributed by atoms with E-state index in [4.69, 9.17) is 4.74 Å². The summed E-state index contributed by atoms with van der Waals surface area (Å²) < 4.78 is 7.22. The molecule has 1 fully saturated rings. The van der Waals surface area contributed by atoms with E-state index in [1.165, 1.54) is 0 Å². The molecule has 1 aromatic rings. The fourth-order valence-electron chi connectivity index (χ4n) is 1.97. The summed E-state index contributed by atoms with van der Waals surface area (Å²) in [4.78, 5) is 0. The highest BCUT2D eigenvalue weighted by atomic mass is 16.5. The first-order chi connectivity index (χ1) is 7.25. The van der Waals surface area contributed by atoms with Crippen molar-refractivity contribution in [2.45, 2.75) is 37.9 Å². The van der Waals surface area contributed by atoms with Gasteiger partial charge in [0.05, 0.1) is 17.9 Å². The molecule has 2 heterocycles. The molecular weight excluding hydrogens is 192 g/mol. The van der Waals surface area contributed by atoms with Gasteiger partial charge in [0, 0.05) is 19.9 Å². The molecule has 0 amide bonds. The summed E-state index contributed by atoms with van der Waals surface area (Å²) in [5.74, 6) is 0. The highest BCUT2D eigenvalue weighted by molar-refractivity contribution is 5.02. The molecule has 0 aromatic carbocycles. The zero-order valence-corrected chi connectivity index (χ0v) is 9.09. The Bertz CT molecular complexity index is 305. The van der Waals surface area contributed by atoms with Gasteiger partial charge in [-0.1, -0.05) is 0 Å². The maximum atomic E-state index is 9.86. The maximum Gasteiger partial charge on any atom is 0.0979 e. The molecular formula is C11H18N2O2. The van der Waals surface area contributed by atoms with Crippen LogP contribution in [0, 0.1) is 0 Å². The summed E-state index contributed by atoms with van der Waals surface area (Å²) in [5.41, 5.74) is 0.760. The largest absolute Gasteiger partial charge is 0.387 e. The molecule has 2 atom stereocenters. The Morgan fingerprint density at radius 1 is 1.73 bits per heavy atom. The van der Waals surface area contributed by atoms with Crippen molar-refractivity contribution >= 4 is 0 Å². The van der Waals surface area contributed by atoms with Crippen molar-refractivity contribution in [3.8, 4) is 0 Å². The van der Waals surface area contributed by atoms with Gasteiger partial charge in [0.25, 0.3) is 0 Å². The normalized spacial score (nSPS) is 23.2. The van der Waals surface area contributed by atoms with Crippen LogP contribution in [0.1, 0.15) is 37.5 Å². The molecule has 1 aliphatic rings. The lowest BCUT2D eigenvalue weighted by Gasteiger charge is -2.11. The number of rotatable bonds is 4. The summed E-state index contributed by atoms with van der Waals surface area (Å²) in [6.45, 7) is 0.879. The number of ether oxygens (including phenoxy) is 1. The van der Waals surface area contributed by atoms with E-state index in [0.717, 1.165) is 38.0 Å². The minimum absolute atomic E-state index is 0.350. The average molecular weight is 210 g/mol. The van der Waals surface area contributed by atoms with Crippen LogP contribution in [0.5, 0.6) is 0 Å². The molecule has 0 aliphatic carbocycles. The van der Waals surface area contributed by atoms with Crippen molar-refractivity contribution in [1.82, 2.24) is 9.78 Å². The van der Waals surface area contributed by atoms with Crippen molar-refractivity contribution in [2.24, 2.45) is 7.05 Å². The lowest BCUT2D eigenvalue weighted by molar-refractivity contribution is 0.0800. The first kappa shape index (κ1) is 10.6. The van der Waals surface area contributed by atoms with Gasteiger partial charge in [0.15, 0.2) is 0 Å². The molecule has 4 nitrogen and oxygen atoms in total. The molecule has 0 saturated carbocycles. The predicted octanol–water partition coefficient (Wildman–Crippen LogP) is 1.41. The summed E-state index contributed by atoms with van der Waals surface area (Å²) >= 11 is 0. The predicted molar refractivity (Wildman–Crippen MR) is 56.4 cm³/mol. The van der Waals surface area contributed by atoms with Gasteiger partial charge in [-0.3, -0.25) is 4.68 Å². The van der Waals surface area contributed by atoms with E-state index in [1.807, 2.05) is 19.3 Å². The molecule has 15 heavy (non-hydrogen) atoms. The second-order valence-corrected chi connectivity index (χ2v) is 4.14. The number of hydrogen-bond acceptors (Lipinski definition) is 3. The summed E-state index contributed by atoms with van der Waals surface area (Å²) in [7, 11) is 1.86. The van der Waals surface area contributed by atoms with E-state index in [-0.39, 0.29) is 0 Å². The van der Waals surface area contributed by atoms with Crippen LogP contribution in [0.3, 0.4) is 0 Å². The van der Waals surface area contributed by atoms with E-state index in [0.29, 0.717) is 6.10 Å². The number of aryl methyl sites for hydroxylation is 1. The topological polar surface area (TPSA) is 47.3 Å². The second-order valence-electron chi connectivity index (χ2n) is 4.14. The highest BCUT2D eigenvalue weighted by Gasteiger charge is 2.18. The van der Waals surface area contributed by atoms with Crippen molar-refractivity contribution in [3.05, 3.63) is 18.0 Å². The molecule has 1 N–H and O–H groups in total. The molecule has 1 aromatic heterocycles. The Kier molecular flexibility index (Phi) is 3.38. The van der Waals surface area contributed by atoms with Crippen LogP contribution in [0.2, 0.25) is 0 Å². The van der Waals surface area contributed by atoms with Gasteiger partial charge in [-0.05, 0) is 31.7 Å². The number of aliphatic hydroxyl groups is 1. The molecule has 2 unspecified atom stereocenters. The maximum absolute atomic E-state index is 9.86. The summed E-state index contributed by atoms with van der Waals surface area (Å²) in [6, 6.07) is 1.86. The van der Waals surface area contributed by atoms with Crippen LogP contribution in [-0.4, -0.2) is 27.6 Å². The molecule has 0 radical (unpaired) electrons. The summed E-state index contributed by atoms with van der Waals surface area (Å²) in [6.07, 6.45) is 5.71. The van der Waals surface area contributed by atoms with Gasteiger partial charge in [-0.25, -0.2) is 0 Å². The molecule has 0 bridgehead atoms. The third kappa shape index (κ3) is 2.79.